The van der Waals surface area contributed by atoms with E-state index in [-0.39, 0.29) is 17.5 Å². The van der Waals surface area contributed by atoms with Crippen molar-refractivity contribution in [3.05, 3.63) is 69.2 Å². The van der Waals surface area contributed by atoms with E-state index in [9.17, 15) is 9.59 Å². The van der Waals surface area contributed by atoms with Crippen LogP contribution in [0.15, 0.2) is 52.2 Å². The molecule has 4 rings (SSSR count). The van der Waals surface area contributed by atoms with Crippen LogP contribution in [-0.2, 0) is 0 Å². The summed E-state index contributed by atoms with van der Waals surface area (Å²) in [6.45, 7) is 0.651. The third-order valence-corrected chi connectivity index (χ3v) is 5.27. The average molecular weight is 366 g/mol. The fraction of sp³-hybridized carbons (Fsp3) is 0.263. The van der Waals surface area contributed by atoms with Gasteiger partial charge >= 0.3 is 0 Å². The molecule has 0 spiro atoms. The second kappa shape index (κ2) is 7.21. The number of amides is 1. The van der Waals surface area contributed by atoms with Gasteiger partial charge in [0.05, 0.1) is 11.7 Å². The van der Waals surface area contributed by atoms with E-state index in [1.54, 1.807) is 35.9 Å². The highest BCUT2D eigenvalue weighted by Gasteiger charge is 2.30. The van der Waals surface area contributed by atoms with Crippen LogP contribution in [0.1, 0.15) is 41.5 Å². The van der Waals surface area contributed by atoms with Gasteiger partial charge < -0.3 is 9.88 Å². The summed E-state index contributed by atoms with van der Waals surface area (Å²) in [4.78, 5) is 38.5. The zero-order chi connectivity index (χ0) is 17.9. The maximum atomic E-state index is 13.0. The monoisotopic (exact) mass is 366 g/mol. The van der Waals surface area contributed by atoms with Crippen molar-refractivity contribution in [3.63, 3.8) is 0 Å². The van der Waals surface area contributed by atoms with Gasteiger partial charge in [-0.15, -0.1) is 0 Å². The normalized spacial score (nSPS) is 17.2. The highest BCUT2D eigenvalue weighted by atomic mass is 32.1. The number of H-pyrrole nitrogens is 1. The maximum Gasteiger partial charge on any atom is 0.254 e. The first kappa shape index (κ1) is 16.7. The first-order valence-corrected chi connectivity index (χ1v) is 9.51. The van der Waals surface area contributed by atoms with E-state index in [1.807, 2.05) is 21.7 Å². The number of carbonyl (C=O) groups excluding carboxylic acids is 1. The molecule has 1 unspecified atom stereocenters. The standard InChI is InChI=1S/C19H18N4O2S/c24-17-11-15(14-6-10-26-12-14)21-18(22-17)16-3-1-2-9-23(16)19(25)13-4-7-20-8-5-13/h4-8,10-12,16H,1-3,9H2,(H,21,22,24). The third-order valence-electron chi connectivity index (χ3n) is 4.58. The van der Waals surface area contributed by atoms with Crippen LogP contribution in [0.3, 0.4) is 0 Å². The molecule has 0 bridgehead atoms. The molecule has 7 heteroatoms. The topological polar surface area (TPSA) is 79.0 Å². The lowest BCUT2D eigenvalue weighted by atomic mass is 10.00. The molecule has 26 heavy (non-hydrogen) atoms. The first-order chi connectivity index (χ1) is 12.7. The van der Waals surface area contributed by atoms with Crippen LogP contribution >= 0.6 is 11.3 Å². The van der Waals surface area contributed by atoms with E-state index in [0.29, 0.717) is 23.6 Å². The van der Waals surface area contributed by atoms with Crippen molar-refractivity contribution in [2.45, 2.75) is 25.3 Å². The van der Waals surface area contributed by atoms with E-state index in [4.69, 9.17) is 0 Å². The molecule has 0 radical (unpaired) electrons. The van der Waals surface area contributed by atoms with Gasteiger partial charge in [0.15, 0.2) is 0 Å². The number of rotatable bonds is 3. The van der Waals surface area contributed by atoms with Crippen LogP contribution in [0.2, 0.25) is 0 Å². The van der Waals surface area contributed by atoms with Crippen LogP contribution in [-0.4, -0.2) is 32.3 Å². The maximum absolute atomic E-state index is 13.0. The Morgan fingerprint density at radius 3 is 2.85 bits per heavy atom. The van der Waals surface area contributed by atoms with Gasteiger partial charge in [-0.1, -0.05) is 0 Å². The number of likely N-dealkylation sites (tertiary alicyclic amines) is 1. The predicted molar refractivity (Wildman–Crippen MR) is 100 cm³/mol. The molecule has 0 aliphatic carbocycles. The Morgan fingerprint density at radius 1 is 1.23 bits per heavy atom. The van der Waals surface area contributed by atoms with Crippen molar-refractivity contribution in [3.8, 4) is 11.3 Å². The van der Waals surface area contributed by atoms with E-state index < -0.39 is 0 Å². The minimum atomic E-state index is -0.226. The van der Waals surface area contributed by atoms with Crippen LogP contribution in [0.5, 0.6) is 0 Å². The van der Waals surface area contributed by atoms with Gasteiger partial charge in [-0.25, -0.2) is 4.98 Å². The van der Waals surface area contributed by atoms with Crippen molar-refractivity contribution >= 4 is 17.2 Å². The zero-order valence-corrected chi connectivity index (χ0v) is 14.9. The number of nitrogens with one attached hydrogen (secondary N) is 1. The van der Waals surface area contributed by atoms with Gasteiger partial charge in [0.2, 0.25) is 0 Å². The summed E-state index contributed by atoms with van der Waals surface area (Å²) in [5.41, 5.74) is 1.97. The number of nitrogens with zero attached hydrogens (tertiary/aromatic N) is 3. The molecule has 3 aromatic heterocycles. The van der Waals surface area contributed by atoms with E-state index >= 15 is 0 Å². The second-order valence-electron chi connectivity index (χ2n) is 6.27. The summed E-state index contributed by atoms with van der Waals surface area (Å²) in [6, 6.07) is 6.65. The lowest BCUT2D eigenvalue weighted by molar-refractivity contribution is 0.0599. The summed E-state index contributed by atoms with van der Waals surface area (Å²) >= 11 is 1.56. The lowest BCUT2D eigenvalue weighted by Crippen LogP contribution is -2.40. The van der Waals surface area contributed by atoms with Crippen LogP contribution < -0.4 is 5.56 Å². The number of hydrogen-bond acceptors (Lipinski definition) is 5. The van der Waals surface area contributed by atoms with Crippen LogP contribution in [0.4, 0.5) is 0 Å². The molecule has 1 fully saturated rings. The van der Waals surface area contributed by atoms with E-state index in [2.05, 4.69) is 15.0 Å². The smallest absolute Gasteiger partial charge is 0.254 e. The Balaban J connectivity index is 1.71. The number of aromatic nitrogens is 3. The molecule has 1 atom stereocenters. The average Bonchev–Trinajstić information content (AvgIpc) is 3.22. The van der Waals surface area contributed by atoms with Crippen molar-refractivity contribution < 1.29 is 4.79 Å². The summed E-state index contributed by atoms with van der Waals surface area (Å²) < 4.78 is 0. The van der Waals surface area contributed by atoms with Crippen molar-refractivity contribution in [1.82, 2.24) is 19.9 Å². The van der Waals surface area contributed by atoms with Gasteiger partial charge in [0.25, 0.3) is 11.5 Å². The Labute approximate surface area is 154 Å². The molecular weight excluding hydrogens is 348 g/mol. The van der Waals surface area contributed by atoms with Crippen molar-refractivity contribution in [2.24, 2.45) is 0 Å². The van der Waals surface area contributed by atoms with E-state index in [0.717, 1.165) is 24.8 Å². The molecule has 132 valence electrons. The Bertz CT molecular complexity index is 953. The molecule has 0 aromatic carbocycles. The SMILES string of the molecule is O=C(c1ccncc1)N1CCCCC1c1nc(-c2ccsc2)cc(=O)[nH]1. The summed E-state index contributed by atoms with van der Waals surface area (Å²) in [7, 11) is 0. The summed E-state index contributed by atoms with van der Waals surface area (Å²) in [6.07, 6.45) is 5.96. The van der Waals surface area contributed by atoms with Gasteiger partial charge in [-0.3, -0.25) is 14.6 Å². The second-order valence-corrected chi connectivity index (χ2v) is 7.05. The molecule has 1 aliphatic heterocycles. The van der Waals surface area contributed by atoms with Crippen LogP contribution in [0, 0.1) is 0 Å². The van der Waals surface area contributed by atoms with Gasteiger partial charge in [-0.05, 0) is 42.8 Å². The molecule has 1 saturated heterocycles. The number of carbonyl (C=O) groups is 1. The quantitative estimate of drug-likeness (QED) is 0.772. The zero-order valence-electron chi connectivity index (χ0n) is 14.1. The molecule has 1 N–H and O–H groups in total. The number of hydrogen-bond donors (Lipinski definition) is 1. The fourth-order valence-electron chi connectivity index (χ4n) is 3.31. The number of thiophene rings is 1. The highest BCUT2D eigenvalue weighted by molar-refractivity contribution is 7.08. The Hall–Kier alpha value is -2.80. The molecule has 4 heterocycles. The molecule has 1 amide bonds. The molecule has 6 nitrogen and oxygen atoms in total. The lowest BCUT2D eigenvalue weighted by Gasteiger charge is -2.35. The molecular formula is C19H18N4O2S. The molecule has 0 saturated carbocycles. The first-order valence-electron chi connectivity index (χ1n) is 8.57. The highest BCUT2D eigenvalue weighted by Crippen LogP contribution is 2.31. The predicted octanol–water partition coefficient (Wildman–Crippen LogP) is 3.26. The molecule has 1 aliphatic rings. The summed E-state index contributed by atoms with van der Waals surface area (Å²) in [5.74, 6) is 0.501. The van der Waals surface area contributed by atoms with Gasteiger partial charge in [0.1, 0.15) is 5.82 Å². The molecule has 3 aromatic rings. The number of piperidine rings is 1. The summed E-state index contributed by atoms with van der Waals surface area (Å²) in [5, 5.41) is 3.92. The largest absolute Gasteiger partial charge is 0.328 e. The minimum absolute atomic E-state index is 0.0549. The third kappa shape index (κ3) is 3.30. The number of pyridine rings is 1. The number of aromatic amines is 1. The van der Waals surface area contributed by atoms with Gasteiger partial charge in [0, 0.05) is 41.5 Å². The fourth-order valence-corrected chi connectivity index (χ4v) is 3.96. The minimum Gasteiger partial charge on any atom is -0.328 e. The van der Waals surface area contributed by atoms with Crippen molar-refractivity contribution in [1.29, 1.82) is 0 Å². The van der Waals surface area contributed by atoms with Crippen LogP contribution in [0.25, 0.3) is 11.3 Å². The van der Waals surface area contributed by atoms with E-state index in [1.165, 1.54) is 6.07 Å². The van der Waals surface area contributed by atoms with Gasteiger partial charge in [-0.2, -0.15) is 11.3 Å². The van der Waals surface area contributed by atoms with Crippen molar-refractivity contribution in [2.75, 3.05) is 6.54 Å². The Morgan fingerprint density at radius 2 is 2.08 bits per heavy atom. The Kier molecular flexibility index (Phi) is 4.62.